The Morgan fingerprint density at radius 1 is 1.32 bits per heavy atom. The number of rotatable bonds is 9. The summed E-state index contributed by atoms with van der Waals surface area (Å²) in [4.78, 5) is 27.6. The number of thioether (sulfide) groups is 1. The van der Waals surface area contributed by atoms with Crippen molar-refractivity contribution < 1.29 is 28.6 Å². The molecule has 0 unspecified atom stereocenters. The van der Waals surface area contributed by atoms with Crippen molar-refractivity contribution in [2.24, 2.45) is 5.92 Å². The summed E-state index contributed by atoms with van der Waals surface area (Å²) >= 11 is 1.72. The van der Waals surface area contributed by atoms with Gasteiger partial charge in [-0.2, -0.15) is 4.79 Å². The number of carbonyl (C=O) groups excluding carboxylic acids is 2. The molecule has 150 valence electrons. The van der Waals surface area contributed by atoms with Crippen LogP contribution >= 0.6 is 11.8 Å². The molecule has 1 fully saturated rings. The summed E-state index contributed by atoms with van der Waals surface area (Å²) in [5.41, 5.74) is 9.42. The second kappa shape index (κ2) is 11.6. The van der Waals surface area contributed by atoms with Crippen LogP contribution in [0.25, 0.3) is 5.53 Å². The van der Waals surface area contributed by atoms with Crippen LogP contribution in [-0.4, -0.2) is 55.1 Å². The predicted octanol–water partition coefficient (Wildman–Crippen LogP) is 2.91. The lowest BCUT2D eigenvalue weighted by atomic mass is 9.88. The standard InChI is InChI=1S/C20H24N2O5S/c1-25-18-12-14(8-9-17(23)19(22-21)20(24)26-2)15(13-27-18)10-11-28-16-6-4-3-5-7-16/h3-7,10,14,18H,8-9,11-13H2,1-2H3/b15-10-/t14-,18+/m0/s1. The van der Waals surface area contributed by atoms with E-state index in [2.05, 4.69) is 27.7 Å². The lowest BCUT2D eigenvalue weighted by molar-refractivity contribution is -0.144. The minimum absolute atomic E-state index is 0.0682. The van der Waals surface area contributed by atoms with Gasteiger partial charge in [-0.15, -0.1) is 11.8 Å². The summed E-state index contributed by atoms with van der Waals surface area (Å²) in [5, 5.41) is 0. The van der Waals surface area contributed by atoms with E-state index in [0.29, 0.717) is 19.4 Å². The van der Waals surface area contributed by atoms with E-state index >= 15 is 0 Å². The van der Waals surface area contributed by atoms with Gasteiger partial charge in [-0.1, -0.05) is 24.3 Å². The molecule has 1 aliphatic heterocycles. The first-order chi connectivity index (χ1) is 13.6. The van der Waals surface area contributed by atoms with E-state index < -0.39 is 17.5 Å². The molecule has 0 spiro atoms. The fourth-order valence-electron chi connectivity index (χ4n) is 2.94. The van der Waals surface area contributed by atoms with Crippen LogP contribution in [0.1, 0.15) is 19.3 Å². The number of esters is 1. The van der Waals surface area contributed by atoms with Gasteiger partial charge in [0.25, 0.3) is 5.78 Å². The molecular weight excluding hydrogens is 380 g/mol. The van der Waals surface area contributed by atoms with Crippen molar-refractivity contribution in [1.82, 2.24) is 0 Å². The molecule has 0 aromatic heterocycles. The van der Waals surface area contributed by atoms with Crippen molar-refractivity contribution in [1.29, 1.82) is 0 Å². The van der Waals surface area contributed by atoms with Gasteiger partial charge in [-0.3, -0.25) is 4.79 Å². The molecule has 1 saturated heterocycles. The summed E-state index contributed by atoms with van der Waals surface area (Å²) in [6, 6.07) is 10.1. The zero-order valence-corrected chi connectivity index (χ0v) is 16.8. The van der Waals surface area contributed by atoms with Crippen LogP contribution in [0.15, 0.2) is 46.9 Å². The molecule has 2 atom stereocenters. The summed E-state index contributed by atoms with van der Waals surface area (Å²) < 4.78 is 15.4. The molecule has 8 heteroatoms. The number of ether oxygens (including phenoxy) is 3. The quantitative estimate of drug-likeness (QED) is 0.119. The smallest absolute Gasteiger partial charge is 0.441 e. The monoisotopic (exact) mass is 404 g/mol. The zero-order chi connectivity index (χ0) is 20.4. The lowest BCUT2D eigenvalue weighted by Crippen LogP contribution is -2.31. The van der Waals surface area contributed by atoms with Gasteiger partial charge in [0.2, 0.25) is 0 Å². The Balaban J connectivity index is 1.99. The maximum absolute atomic E-state index is 12.2. The molecule has 0 N–H and O–H groups in total. The topological polar surface area (TPSA) is 98.2 Å². The number of hydrogen-bond donors (Lipinski definition) is 0. The SMILES string of the molecule is COC(=O)C(=[N+]=[N-])C(=O)CC[C@H]1C[C@H](OC)OC/C1=C/CSc1ccccc1. The first kappa shape index (κ1) is 22.0. The molecule has 2 rings (SSSR count). The molecule has 1 aromatic rings. The van der Waals surface area contributed by atoms with Gasteiger partial charge in [0.05, 0.1) is 13.7 Å². The zero-order valence-electron chi connectivity index (χ0n) is 16.0. The molecule has 7 nitrogen and oxygen atoms in total. The average molecular weight is 404 g/mol. The van der Waals surface area contributed by atoms with Crippen LogP contribution in [0, 0.1) is 5.92 Å². The lowest BCUT2D eigenvalue weighted by Gasteiger charge is -2.31. The first-order valence-electron chi connectivity index (χ1n) is 8.93. The number of hydrogen-bond acceptors (Lipinski definition) is 6. The van der Waals surface area contributed by atoms with E-state index in [4.69, 9.17) is 15.0 Å². The summed E-state index contributed by atoms with van der Waals surface area (Å²) in [7, 11) is 2.72. The molecular formula is C20H24N2O5S. The minimum Gasteiger partial charge on any atom is -0.460 e. The molecule has 0 saturated carbocycles. The second-order valence-electron chi connectivity index (χ2n) is 6.21. The van der Waals surface area contributed by atoms with Crippen LogP contribution in [0.2, 0.25) is 0 Å². The van der Waals surface area contributed by atoms with Crippen LogP contribution in [0.3, 0.4) is 0 Å². The maximum Gasteiger partial charge on any atom is 0.441 e. The van der Waals surface area contributed by atoms with Crippen molar-refractivity contribution >= 4 is 29.2 Å². The van der Waals surface area contributed by atoms with Gasteiger partial charge < -0.3 is 19.7 Å². The number of carbonyl (C=O) groups is 2. The van der Waals surface area contributed by atoms with Crippen molar-refractivity contribution in [2.75, 3.05) is 26.6 Å². The van der Waals surface area contributed by atoms with Crippen LogP contribution < -0.4 is 0 Å². The Labute approximate surface area is 168 Å². The molecule has 1 heterocycles. The first-order valence-corrected chi connectivity index (χ1v) is 9.92. The molecule has 28 heavy (non-hydrogen) atoms. The van der Waals surface area contributed by atoms with Crippen molar-refractivity contribution in [3.05, 3.63) is 47.5 Å². The highest BCUT2D eigenvalue weighted by atomic mass is 32.2. The number of ketones is 1. The third kappa shape index (κ3) is 6.42. The van der Waals surface area contributed by atoms with Gasteiger partial charge in [-0.25, -0.2) is 4.79 Å². The normalized spacial score (nSPS) is 20.4. The fraction of sp³-hybridized carbons (Fsp3) is 0.450. The minimum atomic E-state index is -0.940. The molecule has 0 amide bonds. The number of benzene rings is 1. The van der Waals surface area contributed by atoms with E-state index in [-0.39, 0.29) is 18.6 Å². The highest BCUT2D eigenvalue weighted by Gasteiger charge is 2.32. The van der Waals surface area contributed by atoms with E-state index in [1.54, 1.807) is 18.9 Å². The fourth-order valence-corrected chi connectivity index (χ4v) is 3.78. The molecule has 1 aromatic carbocycles. The Hall–Kier alpha value is -2.25. The largest absolute Gasteiger partial charge is 0.460 e. The van der Waals surface area contributed by atoms with Gasteiger partial charge >= 0.3 is 11.7 Å². The highest BCUT2D eigenvalue weighted by molar-refractivity contribution is 7.99. The Morgan fingerprint density at radius 2 is 2.07 bits per heavy atom. The molecule has 1 aliphatic rings. The van der Waals surface area contributed by atoms with Crippen molar-refractivity contribution in [3.63, 3.8) is 0 Å². The van der Waals surface area contributed by atoms with Crippen LogP contribution in [0.5, 0.6) is 0 Å². The highest BCUT2D eigenvalue weighted by Crippen LogP contribution is 2.30. The Kier molecular flexibility index (Phi) is 9.10. The predicted molar refractivity (Wildman–Crippen MR) is 105 cm³/mol. The third-order valence-corrected chi connectivity index (χ3v) is 5.44. The molecule has 0 bridgehead atoms. The summed E-state index contributed by atoms with van der Waals surface area (Å²) in [6.07, 6.45) is 2.99. The van der Waals surface area contributed by atoms with Gasteiger partial charge in [0.15, 0.2) is 6.29 Å². The van der Waals surface area contributed by atoms with E-state index in [0.717, 1.165) is 18.4 Å². The number of nitrogens with zero attached hydrogens (tertiary/aromatic N) is 2. The molecule has 0 aliphatic carbocycles. The molecule has 0 radical (unpaired) electrons. The summed E-state index contributed by atoms with van der Waals surface area (Å²) in [5.74, 6) is -0.621. The van der Waals surface area contributed by atoms with Crippen molar-refractivity contribution in [2.45, 2.75) is 30.4 Å². The van der Waals surface area contributed by atoms with E-state index in [1.807, 2.05) is 18.2 Å². The maximum atomic E-state index is 12.2. The number of methoxy groups -OCH3 is 2. The Morgan fingerprint density at radius 3 is 2.71 bits per heavy atom. The van der Waals surface area contributed by atoms with E-state index in [1.165, 1.54) is 4.90 Å². The number of Topliss-reactive ketones (excluding diaryl/α,β-unsaturated/α-hetero) is 1. The van der Waals surface area contributed by atoms with Gasteiger partial charge in [0, 0.05) is 30.6 Å². The second-order valence-corrected chi connectivity index (χ2v) is 7.31. The van der Waals surface area contributed by atoms with Crippen LogP contribution in [0.4, 0.5) is 0 Å². The van der Waals surface area contributed by atoms with Crippen molar-refractivity contribution in [3.8, 4) is 0 Å². The average Bonchev–Trinajstić information content (AvgIpc) is 2.73. The summed E-state index contributed by atoms with van der Waals surface area (Å²) in [6.45, 7) is 0.435. The van der Waals surface area contributed by atoms with Gasteiger partial charge in [-0.05, 0) is 30.0 Å². The van der Waals surface area contributed by atoms with Gasteiger partial charge in [0.1, 0.15) is 0 Å². The van der Waals surface area contributed by atoms with E-state index in [9.17, 15) is 9.59 Å². The van der Waals surface area contributed by atoms with Crippen LogP contribution in [-0.2, 0) is 23.8 Å². The Bertz CT molecular complexity index is 759. The third-order valence-electron chi connectivity index (χ3n) is 4.50.